The van der Waals surface area contributed by atoms with Crippen LogP contribution in [0, 0.1) is 5.92 Å². The number of rotatable bonds is 5. The molecule has 1 aromatic rings. The second kappa shape index (κ2) is 9.63. The van der Waals surface area contributed by atoms with Gasteiger partial charge in [0.25, 0.3) is 0 Å². The molecule has 120 valence electrons. The summed E-state index contributed by atoms with van der Waals surface area (Å²) in [5.74, 6) is 1.48. The molecule has 2 rings (SSSR count). The van der Waals surface area contributed by atoms with Gasteiger partial charge in [-0.1, -0.05) is 13.0 Å². The van der Waals surface area contributed by atoms with Gasteiger partial charge in [-0.25, -0.2) is 0 Å². The minimum absolute atomic E-state index is 0. The Morgan fingerprint density at radius 3 is 3.00 bits per heavy atom. The molecule has 1 aromatic heterocycles. The van der Waals surface area contributed by atoms with E-state index in [4.69, 9.17) is 4.99 Å². The van der Waals surface area contributed by atoms with Crippen LogP contribution in [0.25, 0.3) is 0 Å². The summed E-state index contributed by atoms with van der Waals surface area (Å²) in [4.78, 5) is 8.32. The number of aliphatic hydroxyl groups excluding tert-OH is 1. The molecule has 1 unspecified atom stereocenters. The third-order valence-corrected chi connectivity index (χ3v) is 4.38. The Labute approximate surface area is 148 Å². The fourth-order valence-corrected chi connectivity index (χ4v) is 3.31. The van der Waals surface area contributed by atoms with Gasteiger partial charge in [-0.15, -0.1) is 35.3 Å². The van der Waals surface area contributed by atoms with Crippen molar-refractivity contribution in [2.45, 2.75) is 32.8 Å². The SMILES string of the molecule is CCNC(=NCC(C)Cc1cccs1)N1CC[C@@H](O)C1.I. The summed E-state index contributed by atoms with van der Waals surface area (Å²) in [5, 5.41) is 15.1. The zero-order valence-electron chi connectivity index (χ0n) is 12.8. The van der Waals surface area contributed by atoms with Gasteiger partial charge in [0.05, 0.1) is 6.10 Å². The molecule has 1 aliphatic heterocycles. The summed E-state index contributed by atoms with van der Waals surface area (Å²) in [7, 11) is 0. The van der Waals surface area contributed by atoms with Crippen molar-refractivity contribution in [2.75, 3.05) is 26.2 Å². The first-order valence-corrected chi connectivity index (χ1v) is 8.30. The molecule has 1 aliphatic rings. The van der Waals surface area contributed by atoms with Crippen LogP contribution in [0.4, 0.5) is 0 Å². The first-order chi connectivity index (χ1) is 9.69. The summed E-state index contributed by atoms with van der Waals surface area (Å²) in [6.45, 7) is 7.61. The van der Waals surface area contributed by atoms with E-state index in [0.717, 1.165) is 38.4 Å². The maximum atomic E-state index is 9.64. The Bertz CT molecular complexity index is 425. The highest BCUT2D eigenvalue weighted by molar-refractivity contribution is 14.0. The van der Waals surface area contributed by atoms with Crippen molar-refractivity contribution in [3.05, 3.63) is 22.4 Å². The molecule has 0 spiro atoms. The van der Waals surface area contributed by atoms with Crippen molar-refractivity contribution in [1.29, 1.82) is 0 Å². The largest absolute Gasteiger partial charge is 0.391 e. The van der Waals surface area contributed by atoms with E-state index >= 15 is 0 Å². The van der Waals surface area contributed by atoms with Gasteiger partial charge in [0.2, 0.25) is 0 Å². The molecule has 0 aromatic carbocycles. The highest BCUT2D eigenvalue weighted by atomic mass is 127. The average molecular weight is 423 g/mol. The van der Waals surface area contributed by atoms with Gasteiger partial charge in [0.15, 0.2) is 5.96 Å². The maximum absolute atomic E-state index is 9.64. The lowest BCUT2D eigenvalue weighted by molar-refractivity contribution is 0.187. The number of aliphatic imine (C=N–C) groups is 1. The van der Waals surface area contributed by atoms with Crippen LogP contribution in [-0.4, -0.2) is 48.2 Å². The summed E-state index contributed by atoms with van der Waals surface area (Å²) in [6.07, 6.45) is 1.72. The fraction of sp³-hybridized carbons (Fsp3) is 0.667. The van der Waals surface area contributed by atoms with E-state index in [1.165, 1.54) is 4.88 Å². The molecule has 2 heterocycles. The zero-order valence-corrected chi connectivity index (χ0v) is 15.9. The van der Waals surface area contributed by atoms with Crippen LogP contribution in [0.5, 0.6) is 0 Å². The van der Waals surface area contributed by atoms with Crippen LogP contribution in [0.1, 0.15) is 25.1 Å². The van der Waals surface area contributed by atoms with E-state index in [9.17, 15) is 5.11 Å². The molecule has 2 N–H and O–H groups in total. The van der Waals surface area contributed by atoms with E-state index in [-0.39, 0.29) is 30.1 Å². The Morgan fingerprint density at radius 1 is 1.62 bits per heavy atom. The molecule has 0 aliphatic carbocycles. The molecule has 0 amide bonds. The Balaban J connectivity index is 0.00000220. The van der Waals surface area contributed by atoms with Crippen molar-refractivity contribution in [2.24, 2.45) is 10.9 Å². The highest BCUT2D eigenvalue weighted by Crippen LogP contribution is 2.15. The minimum Gasteiger partial charge on any atom is -0.391 e. The van der Waals surface area contributed by atoms with E-state index in [0.29, 0.717) is 12.5 Å². The summed E-state index contributed by atoms with van der Waals surface area (Å²) >= 11 is 1.81. The number of halogens is 1. The van der Waals surface area contributed by atoms with Crippen LogP contribution < -0.4 is 5.32 Å². The average Bonchev–Trinajstić information content (AvgIpc) is 3.06. The molecular formula is C15H26IN3OS. The van der Waals surface area contributed by atoms with Crippen molar-refractivity contribution in [1.82, 2.24) is 10.2 Å². The van der Waals surface area contributed by atoms with Crippen LogP contribution in [0.3, 0.4) is 0 Å². The van der Waals surface area contributed by atoms with Crippen molar-refractivity contribution >= 4 is 41.3 Å². The second-order valence-corrected chi connectivity index (χ2v) is 6.50. The number of nitrogens with one attached hydrogen (secondary N) is 1. The van der Waals surface area contributed by atoms with Crippen LogP contribution in [0.2, 0.25) is 0 Å². The van der Waals surface area contributed by atoms with E-state index in [2.05, 4.69) is 41.6 Å². The molecule has 6 heteroatoms. The maximum Gasteiger partial charge on any atom is 0.194 e. The molecule has 4 nitrogen and oxygen atoms in total. The predicted molar refractivity (Wildman–Crippen MR) is 101 cm³/mol. The molecule has 21 heavy (non-hydrogen) atoms. The van der Waals surface area contributed by atoms with Gasteiger partial charge in [0.1, 0.15) is 0 Å². The van der Waals surface area contributed by atoms with Gasteiger partial charge in [-0.05, 0) is 37.1 Å². The third-order valence-electron chi connectivity index (χ3n) is 3.48. The smallest absolute Gasteiger partial charge is 0.194 e. The normalized spacial score (nSPS) is 20.2. The van der Waals surface area contributed by atoms with E-state index in [1.54, 1.807) is 0 Å². The number of hydrogen-bond acceptors (Lipinski definition) is 3. The molecule has 1 fully saturated rings. The van der Waals surface area contributed by atoms with Crippen LogP contribution >= 0.6 is 35.3 Å². The number of hydrogen-bond donors (Lipinski definition) is 2. The fourth-order valence-electron chi connectivity index (χ4n) is 2.44. The van der Waals surface area contributed by atoms with Gasteiger partial charge in [-0.3, -0.25) is 4.99 Å². The molecule has 1 saturated heterocycles. The Hall–Kier alpha value is -0.340. The van der Waals surface area contributed by atoms with Gasteiger partial charge >= 0.3 is 0 Å². The highest BCUT2D eigenvalue weighted by Gasteiger charge is 2.22. The quantitative estimate of drug-likeness (QED) is 0.435. The third kappa shape index (κ3) is 6.12. The summed E-state index contributed by atoms with van der Waals surface area (Å²) in [6, 6.07) is 4.29. The van der Waals surface area contributed by atoms with Crippen LogP contribution in [0.15, 0.2) is 22.5 Å². The first kappa shape index (κ1) is 18.7. The molecule has 0 bridgehead atoms. The minimum atomic E-state index is -0.206. The number of thiophene rings is 1. The predicted octanol–water partition coefficient (Wildman–Crippen LogP) is 2.58. The van der Waals surface area contributed by atoms with E-state index in [1.807, 2.05) is 11.3 Å². The standard InChI is InChI=1S/C15H25N3OS.HI/c1-3-16-15(18-7-6-13(19)11-18)17-10-12(2)9-14-5-4-8-20-14;/h4-5,8,12-13,19H,3,6-7,9-11H2,1-2H3,(H,16,17);1H/t12?,13-;/m1./s1. The number of likely N-dealkylation sites (tertiary alicyclic amines) is 1. The van der Waals surface area contributed by atoms with Crippen LogP contribution in [-0.2, 0) is 6.42 Å². The number of guanidine groups is 1. The van der Waals surface area contributed by atoms with Crippen molar-refractivity contribution < 1.29 is 5.11 Å². The lowest BCUT2D eigenvalue weighted by atomic mass is 10.1. The van der Waals surface area contributed by atoms with Gasteiger partial charge in [0, 0.05) is 31.1 Å². The molecule has 2 atom stereocenters. The van der Waals surface area contributed by atoms with E-state index < -0.39 is 0 Å². The first-order valence-electron chi connectivity index (χ1n) is 7.42. The van der Waals surface area contributed by atoms with Gasteiger partial charge in [-0.2, -0.15) is 0 Å². The zero-order chi connectivity index (χ0) is 14.4. The Kier molecular flexibility index (Phi) is 8.58. The van der Waals surface area contributed by atoms with Crippen molar-refractivity contribution in [3.63, 3.8) is 0 Å². The lowest BCUT2D eigenvalue weighted by Crippen LogP contribution is -2.40. The molecule has 0 radical (unpaired) electrons. The molecule has 0 saturated carbocycles. The molecular weight excluding hydrogens is 397 g/mol. The monoisotopic (exact) mass is 423 g/mol. The summed E-state index contributed by atoms with van der Waals surface area (Å²) < 4.78 is 0. The summed E-state index contributed by atoms with van der Waals surface area (Å²) in [5.41, 5.74) is 0. The number of aliphatic hydroxyl groups is 1. The van der Waals surface area contributed by atoms with Gasteiger partial charge < -0.3 is 15.3 Å². The number of β-amino-alcohol motifs (C(OH)–C–C–N with tert-alkyl or cyclic N) is 1. The second-order valence-electron chi connectivity index (χ2n) is 5.47. The number of nitrogens with zero attached hydrogens (tertiary/aromatic N) is 2. The lowest BCUT2D eigenvalue weighted by Gasteiger charge is -2.21. The topological polar surface area (TPSA) is 47.9 Å². The Morgan fingerprint density at radius 2 is 2.43 bits per heavy atom. The van der Waals surface area contributed by atoms with Crippen molar-refractivity contribution in [3.8, 4) is 0 Å².